The molecule has 0 radical (unpaired) electrons. The van der Waals surface area contributed by atoms with Gasteiger partial charge in [0.1, 0.15) is 6.54 Å². The highest BCUT2D eigenvalue weighted by Gasteiger charge is 2.28. The number of alkyl halides is 3. The lowest BCUT2D eigenvalue weighted by Crippen LogP contribution is -2.33. The van der Waals surface area contributed by atoms with Gasteiger partial charge in [0, 0.05) is 22.5 Å². The van der Waals surface area contributed by atoms with Crippen LogP contribution in [0.4, 0.5) is 24.5 Å². The van der Waals surface area contributed by atoms with Crippen LogP contribution < -0.4 is 15.4 Å². The van der Waals surface area contributed by atoms with E-state index >= 15 is 0 Å². The number of hydrogen-bond donors (Lipinski definition) is 3. The highest BCUT2D eigenvalue weighted by molar-refractivity contribution is 7.92. The number of carbonyl (C=O) groups excluding carboxylic acids is 2. The van der Waals surface area contributed by atoms with Crippen LogP contribution in [0.3, 0.4) is 0 Å². The largest absolute Gasteiger partial charge is 0.405 e. The maximum atomic E-state index is 12.6. The molecule has 3 aromatic carbocycles. The molecular weight excluding hydrogens is 471 g/mol. The van der Waals surface area contributed by atoms with E-state index in [2.05, 4.69) is 10.0 Å². The Kier molecular flexibility index (Phi) is 7.26. The standard InChI is InChI=1S/C23H20F3N3O4S/c1-15-7-8-17(21(30)27-14-23(24,25)26)13-20(15)28-22(31)16-9-11-18(12-10-16)29-34(32,33)19-5-3-2-4-6-19/h2-13,29H,14H2,1H3,(H,27,30)(H,28,31). The number of amides is 2. The molecule has 0 spiro atoms. The first-order chi connectivity index (χ1) is 15.9. The summed E-state index contributed by atoms with van der Waals surface area (Å²) >= 11 is 0. The van der Waals surface area contributed by atoms with Crippen molar-refractivity contribution in [3.8, 4) is 0 Å². The predicted octanol–water partition coefficient (Wildman–Crippen LogP) is 4.34. The molecule has 34 heavy (non-hydrogen) atoms. The fraction of sp³-hybridized carbons (Fsp3) is 0.130. The van der Waals surface area contributed by atoms with Crippen molar-refractivity contribution in [2.24, 2.45) is 0 Å². The Bertz CT molecular complexity index is 1290. The van der Waals surface area contributed by atoms with Crippen LogP contribution in [0.1, 0.15) is 26.3 Å². The average molecular weight is 491 g/mol. The van der Waals surface area contributed by atoms with Crippen LogP contribution >= 0.6 is 0 Å². The van der Waals surface area contributed by atoms with Crippen molar-refractivity contribution in [2.45, 2.75) is 18.0 Å². The maximum absolute atomic E-state index is 12.6. The molecule has 0 fully saturated rings. The number of aryl methyl sites for hydroxylation is 1. The maximum Gasteiger partial charge on any atom is 0.405 e. The molecule has 11 heteroatoms. The number of halogens is 3. The second-order valence-electron chi connectivity index (χ2n) is 7.28. The molecule has 0 aliphatic carbocycles. The highest BCUT2D eigenvalue weighted by Crippen LogP contribution is 2.20. The zero-order chi connectivity index (χ0) is 24.9. The Labute approximate surface area is 194 Å². The number of carbonyl (C=O) groups is 2. The Hall–Kier alpha value is -3.86. The molecule has 0 unspecified atom stereocenters. The second kappa shape index (κ2) is 9.96. The Morgan fingerprint density at radius 2 is 1.47 bits per heavy atom. The van der Waals surface area contributed by atoms with E-state index in [0.29, 0.717) is 5.56 Å². The lowest BCUT2D eigenvalue weighted by Gasteiger charge is -2.12. The Morgan fingerprint density at radius 1 is 0.853 bits per heavy atom. The topological polar surface area (TPSA) is 104 Å². The molecule has 0 saturated carbocycles. The van der Waals surface area contributed by atoms with Gasteiger partial charge in [-0.15, -0.1) is 0 Å². The van der Waals surface area contributed by atoms with Gasteiger partial charge in [-0.1, -0.05) is 24.3 Å². The molecule has 3 rings (SSSR count). The SMILES string of the molecule is Cc1ccc(C(=O)NCC(F)(F)F)cc1NC(=O)c1ccc(NS(=O)(=O)c2ccccc2)cc1. The molecule has 3 aromatic rings. The highest BCUT2D eigenvalue weighted by atomic mass is 32.2. The molecule has 7 nitrogen and oxygen atoms in total. The molecular formula is C23H20F3N3O4S. The van der Waals surface area contributed by atoms with Gasteiger partial charge < -0.3 is 10.6 Å². The molecule has 0 heterocycles. The second-order valence-corrected chi connectivity index (χ2v) is 8.96. The number of nitrogens with one attached hydrogen (secondary N) is 3. The molecule has 178 valence electrons. The van der Waals surface area contributed by atoms with Crippen molar-refractivity contribution < 1.29 is 31.2 Å². The Morgan fingerprint density at radius 3 is 2.09 bits per heavy atom. The van der Waals surface area contributed by atoms with Gasteiger partial charge in [-0.3, -0.25) is 14.3 Å². The summed E-state index contributed by atoms with van der Waals surface area (Å²) in [7, 11) is -3.79. The minimum Gasteiger partial charge on any atom is -0.343 e. The zero-order valence-corrected chi connectivity index (χ0v) is 18.6. The number of sulfonamides is 1. The van der Waals surface area contributed by atoms with Crippen LogP contribution in [0, 0.1) is 6.92 Å². The minimum atomic E-state index is -4.54. The summed E-state index contributed by atoms with van der Waals surface area (Å²) in [6, 6.07) is 17.6. The van der Waals surface area contributed by atoms with Crippen molar-refractivity contribution in [1.29, 1.82) is 0 Å². The van der Waals surface area contributed by atoms with Gasteiger partial charge >= 0.3 is 6.18 Å². The van der Waals surface area contributed by atoms with Crippen LogP contribution in [0.2, 0.25) is 0 Å². The Balaban J connectivity index is 1.69. The summed E-state index contributed by atoms with van der Waals surface area (Å²) in [4.78, 5) is 24.7. The normalized spacial score (nSPS) is 11.5. The van der Waals surface area contributed by atoms with Crippen molar-refractivity contribution in [1.82, 2.24) is 5.32 Å². The zero-order valence-electron chi connectivity index (χ0n) is 17.8. The monoisotopic (exact) mass is 491 g/mol. The fourth-order valence-electron chi connectivity index (χ4n) is 2.88. The van der Waals surface area contributed by atoms with E-state index < -0.39 is 34.6 Å². The van der Waals surface area contributed by atoms with Crippen LogP contribution in [0.25, 0.3) is 0 Å². The summed E-state index contributed by atoms with van der Waals surface area (Å²) in [6.07, 6.45) is -4.54. The van der Waals surface area contributed by atoms with E-state index in [-0.39, 0.29) is 27.4 Å². The summed E-state index contributed by atoms with van der Waals surface area (Å²) < 4.78 is 64.2. The van der Waals surface area contributed by atoms with E-state index in [1.165, 1.54) is 54.6 Å². The van der Waals surface area contributed by atoms with Crippen molar-refractivity contribution in [2.75, 3.05) is 16.6 Å². The first kappa shape index (κ1) is 24.8. The van der Waals surface area contributed by atoms with E-state index in [1.54, 1.807) is 30.4 Å². The molecule has 0 saturated heterocycles. The number of rotatable bonds is 7. The lowest BCUT2D eigenvalue weighted by atomic mass is 10.1. The molecule has 2 amide bonds. The number of benzene rings is 3. The van der Waals surface area contributed by atoms with Crippen LogP contribution in [0.5, 0.6) is 0 Å². The third-order valence-electron chi connectivity index (χ3n) is 4.65. The van der Waals surface area contributed by atoms with Crippen molar-refractivity contribution in [3.05, 3.63) is 89.5 Å². The summed E-state index contributed by atoms with van der Waals surface area (Å²) in [5.74, 6) is -1.48. The molecule has 0 atom stereocenters. The van der Waals surface area contributed by atoms with E-state index in [1.807, 2.05) is 0 Å². The summed E-state index contributed by atoms with van der Waals surface area (Å²) in [5.41, 5.74) is 1.25. The van der Waals surface area contributed by atoms with Gasteiger partial charge in [-0.2, -0.15) is 13.2 Å². The van der Waals surface area contributed by atoms with E-state index in [4.69, 9.17) is 0 Å². The van der Waals surface area contributed by atoms with Crippen molar-refractivity contribution >= 4 is 33.2 Å². The van der Waals surface area contributed by atoms with E-state index in [9.17, 15) is 31.2 Å². The van der Waals surface area contributed by atoms with Gasteiger partial charge in [0.15, 0.2) is 0 Å². The first-order valence-electron chi connectivity index (χ1n) is 9.89. The minimum absolute atomic E-state index is 0.0455. The quantitative estimate of drug-likeness (QED) is 0.457. The third-order valence-corrected chi connectivity index (χ3v) is 6.05. The van der Waals surface area contributed by atoms with Crippen LogP contribution in [0.15, 0.2) is 77.7 Å². The molecule has 3 N–H and O–H groups in total. The first-order valence-corrected chi connectivity index (χ1v) is 11.4. The molecule has 0 aliphatic heterocycles. The van der Waals surface area contributed by atoms with Crippen LogP contribution in [-0.2, 0) is 10.0 Å². The molecule has 0 aromatic heterocycles. The smallest absolute Gasteiger partial charge is 0.343 e. The van der Waals surface area contributed by atoms with Crippen molar-refractivity contribution in [3.63, 3.8) is 0 Å². The predicted molar refractivity (Wildman–Crippen MR) is 121 cm³/mol. The fourth-order valence-corrected chi connectivity index (χ4v) is 3.96. The lowest BCUT2D eigenvalue weighted by molar-refractivity contribution is -0.123. The van der Waals surface area contributed by atoms with E-state index in [0.717, 1.165) is 0 Å². The van der Waals surface area contributed by atoms with Gasteiger partial charge in [0.25, 0.3) is 21.8 Å². The number of anilines is 2. The van der Waals surface area contributed by atoms with Gasteiger partial charge in [0.2, 0.25) is 0 Å². The average Bonchev–Trinajstić information content (AvgIpc) is 2.79. The summed E-state index contributed by atoms with van der Waals surface area (Å²) in [6.45, 7) is 0.191. The van der Waals surface area contributed by atoms with Crippen LogP contribution in [-0.4, -0.2) is 33.0 Å². The van der Waals surface area contributed by atoms with Gasteiger partial charge in [0.05, 0.1) is 4.90 Å². The molecule has 0 bridgehead atoms. The number of hydrogen-bond acceptors (Lipinski definition) is 4. The van der Waals surface area contributed by atoms with Gasteiger partial charge in [-0.05, 0) is 61.0 Å². The van der Waals surface area contributed by atoms with Gasteiger partial charge in [-0.25, -0.2) is 8.42 Å². The summed E-state index contributed by atoms with van der Waals surface area (Å²) in [5, 5.41) is 4.38. The third kappa shape index (κ3) is 6.58. The molecule has 0 aliphatic rings.